The number of anilines is 3. The Bertz CT molecular complexity index is 1720. The van der Waals surface area contributed by atoms with Crippen molar-refractivity contribution in [2.45, 2.75) is 38.5 Å². The quantitative estimate of drug-likeness (QED) is 0.275. The number of aromatic amines is 1. The summed E-state index contributed by atoms with van der Waals surface area (Å²) in [6.45, 7) is 12.3. The zero-order valence-electron chi connectivity index (χ0n) is 23.9. The Balaban J connectivity index is 1.56. The first-order valence-electron chi connectivity index (χ1n) is 13.7. The molecule has 5 rings (SSSR count). The van der Waals surface area contributed by atoms with Crippen LogP contribution < -0.4 is 20.7 Å². The van der Waals surface area contributed by atoms with Crippen molar-refractivity contribution in [1.82, 2.24) is 14.9 Å². The van der Waals surface area contributed by atoms with E-state index in [1.54, 1.807) is 11.0 Å². The van der Waals surface area contributed by atoms with Crippen molar-refractivity contribution in [3.63, 3.8) is 0 Å². The SMILES string of the molecule is [C-]#[N+]c1cnc(N2CC=C(c3c(F)cc(N4C[C@@H](C)N(C)[C@@H](C)C4)c(NC(=O)c4c[nH]c(=O)cc4C(F)(F)F)c3F)CC2)s1. The van der Waals surface area contributed by atoms with Crippen LogP contribution in [0.2, 0.25) is 0 Å². The lowest BCUT2D eigenvalue weighted by molar-refractivity contribution is -0.138. The molecule has 15 heteroatoms. The Hall–Kier alpha value is -4.29. The molecule has 3 aromatic rings. The van der Waals surface area contributed by atoms with E-state index in [0.717, 1.165) is 6.07 Å². The van der Waals surface area contributed by atoms with Gasteiger partial charge in [-0.15, -0.1) is 11.3 Å². The number of amides is 1. The number of thiazole rings is 1. The smallest absolute Gasteiger partial charge is 0.367 e. The summed E-state index contributed by atoms with van der Waals surface area (Å²) in [6.07, 6.45) is -1.14. The van der Waals surface area contributed by atoms with Gasteiger partial charge in [0.1, 0.15) is 11.5 Å². The summed E-state index contributed by atoms with van der Waals surface area (Å²) in [5.41, 5.74) is -4.00. The molecule has 0 unspecified atom stereocenters. The van der Waals surface area contributed by atoms with Crippen LogP contribution in [0.1, 0.15) is 41.8 Å². The number of piperazine rings is 1. The minimum atomic E-state index is -5.04. The van der Waals surface area contributed by atoms with Gasteiger partial charge >= 0.3 is 6.18 Å². The maximum Gasteiger partial charge on any atom is 0.417 e. The van der Waals surface area contributed by atoms with Gasteiger partial charge in [-0.3, -0.25) is 14.5 Å². The molecule has 2 aliphatic rings. The van der Waals surface area contributed by atoms with Crippen LogP contribution in [-0.4, -0.2) is 66.1 Å². The summed E-state index contributed by atoms with van der Waals surface area (Å²) in [7, 11) is 1.92. The second-order valence-electron chi connectivity index (χ2n) is 10.8. The van der Waals surface area contributed by atoms with Crippen LogP contribution in [0.5, 0.6) is 0 Å². The van der Waals surface area contributed by atoms with Crippen molar-refractivity contribution < 1.29 is 26.7 Å². The highest BCUT2D eigenvalue weighted by molar-refractivity contribution is 7.19. The molecule has 1 fully saturated rings. The zero-order chi connectivity index (χ0) is 31.9. The molecule has 2 N–H and O–H groups in total. The molecule has 0 bridgehead atoms. The molecule has 2 aromatic heterocycles. The van der Waals surface area contributed by atoms with Gasteiger partial charge in [0.25, 0.3) is 10.9 Å². The number of likely N-dealkylation sites (N-methyl/N-ethyl adjacent to an activating group) is 1. The molecular weight excluding hydrogens is 605 g/mol. The Kier molecular flexibility index (Phi) is 8.50. The van der Waals surface area contributed by atoms with Crippen LogP contribution >= 0.6 is 11.3 Å². The lowest BCUT2D eigenvalue weighted by atomic mass is 9.96. The summed E-state index contributed by atoms with van der Waals surface area (Å²) in [6, 6.07) is 1.29. The highest BCUT2D eigenvalue weighted by Crippen LogP contribution is 2.40. The lowest BCUT2D eigenvalue weighted by Crippen LogP contribution is -2.55. The van der Waals surface area contributed by atoms with Crippen molar-refractivity contribution in [2.75, 3.05) is 48.3 Å². The number of pyridine rings is 1. The van der Waals surface area contributed by atoms with E-state index < -0.39 is 51.7 Å². The van der Waals surface area contributed by atoms with Crippen molar-refractivity contribution in [2.24, 2.45) is 0 Å². The number of halogens is 5. The van der Waals surface area contributed by atoms with E-state index in [4.69, 9.17) is 6.57 Å². The molecule has 9 nitrogen and oxygen atoms in total. The number of H-pyrrole nitrogens is 1. The average molecular weight is 634 g/mol. The van der Waals surface area contributed by atoms with Crippen molar-refractivity contribution >= 4 is 44.3 Å². The predicted molar refractivity (Wildman–Crippen MR) is 158 cm³/mol. The summed E-state index contributed by atoms with van der Waals surface area (Å²) in [5.74, 6) is -3.31. The molecule has 0 saturated carbocycles. The van der Waals surface area contributed by atoms with E-state index in [9.17, 15) is 22.8 Å². The summed E-state index contributed by atoms with van der Waals surface area (Å²) < 4.78 is 73.5. The van der Waals surface area contributed by atoms with E-state index in [-0.39, 0.29) is 36.8 Å². The largest absolute Gasteiger partial charge is 0.417 e. The molecule has 1 amide bonds. The molecule has 4 heterocycles. The van der Waals surface area contributed by atoms with Gasteiger partial charge in [0.15, 0.2) is 10.9 Å². The fourth-order valence-corrected chi connectivity index (χ4v) is 6.21. The third-order valence-electron chi connectivity index (χ3n) is 8.00. The minimum Gasteiger partial charge on any atom is -0.367 e. The van der Waals surface area contributed by atoms with Gasteiger partial charge in [-0.2, -0.15) is 13.2 Å². The number of aromatic nitrogens is 2. The third kappa shape index (κ3) is 6.04. The standard InChI is InChI=1S/C29H28F5N7O2S/c1-15-13-41(14-16(2)39(15)4)21-10-20(30)24(17-5-7-40(8-6-17)28-37-12-23(35-3)44-28)25(31)26(21)38-27(43)18-11-36-22(42)9-19(18)29(32,33)34/h5,9-12,15-16H,6-8,13-14H2,1-2,4H3,(H,36,42)(H,38,43)/t15-,16+. The van der Waals surface area contributed by atoms with Gasteiger partial charge in [-0.25, -0.2) is 18.6 Å². The van der Waals surface area contributed by atoms with Crippen molar-refractivity contribution in [3.8, 4) is 0 Å². The number of carbonyl (C=O) groups is 1. The monoisotopic (exact) mass is 633 g/mol. The van der Waals surface area contributed by atoms with E-state index in [2.05, 4.69) is 25.0 Å². The van der Waals surface area contributed by atoms with E-state index in [1.807, 2.05) is 25.8 Å². The lowest BCUT2D eigenvalue weighted by Gasteiger charge is -2.44. The summed E-state index contributed by atoms with van der Waals surface area (Å²) >= 11 is 1.20. The van der Waals surface area contributed by atoms with Crippen LogP contribution in [0.4, 0.5) is 43.5 Å². The highest BCUT2D eigenvalue weighted by atomic mass is 32.1. The van der Waals surface area contributed by atoms with Crippen molar-refractivity contribution in [1.29, 1.82) is 0 Å². The Labute approximate surface area is 253 Å². The molecule has 0 spiro atoms. The first-order chi connectivity index (χ1) is 20.8. The number of nitrogens with one attached hydrogen (secondary N) is 2. The summed E-state index contributed by atoms with van der Waals surface area (Å²) in [5, 5.41) is 3.29. The van der Waals surface area contributed by atoms with Gasteiger partial charge < -0.3 is 20.1 Å². The Morgan fingerprint density at radius 2 is 1.89 bits per heavy atom. The molecule has 2 atom stereocenters. The molecular formula is C29H28F5N7O2S. The normalized spacial score (nSPS) is 19.5. The maximum absolute atomic E-state index is 16.5. The number of rotatable bonds is 5. The molecule has 0 radical (unpaired) electrons. The second kappa shape index (κ2) is 12.0. The molecule has 44 heavy (non-hydrogen) atoms. The second-order valence-corrected chi connectivity index (χ2v) is 11.8. The first kappa shape index (κ1) is 31.1. The van der Waals surface area contributed by atoms with Gasteiger partial charge in [0, 0.05) is 62.8 Å². The van der Waals surface area contributed by atoms with Gasteiger partial charge in [-0.1, -0.05) is 6.08 Å². The van der Waals surface area contributed by atoms with E-state index >= 15 is 8.78 Å². The number of carbonyl (C=O) groups excluding carboxylic acids is 1. The van der Waals surface area contributed by atoms with Gasteiger partial charge in [0.2, 0.25) is 5.56 Å². The highest BCUT2D eigenvalue weighted by Gasteiger charge is 2.37. The van der Waals surface area contributed by atoms with E-state index in [0.29, 0.717) is 41.5 Å². The van der Waals surface area contributed by atoms with E-state index in [1.165, 1.54) is 17.5 Å². The van der Waals surface area contributed by atoms with Crippen LogP contribution in [0.3, 0.4) is 0 Å². The third-order valence-corrected chi connectivity index (χ3v) is 8.95. The number of nitrogens with zero attached hydrogens (tertiary/aromatic N) is 5. The van der Waals surface area contributed by atoms with Gasteiger partial charge in [0.05, 0.1) is 28.9 Å². The fraction of sp³-hybridized carbons (Fsp3) is 0.379. The topological polar surface area (TPSA) is 88.9 Å². The van der Waals surface area contributed by atoms with Crippen LogP contribution in [-0.2, 0) is 6.18 Å². The summed E-state index contributed by atoms with van der Waals surface area (Å²) in [4.78, 5) is 40.2. The predicted octanol–water partition coefficient (Wildman–Crippen LogP) is 5.75. The fourth-order valence-electron chi connectivity index (χ4n) is 5.47. The molecule has 1 aromatic carbocycles. The van der Waals surface area contributed by atoms with Crippen molar-refractivity contribution in [3.05, 3.63) is 80.7 Å². The number of hydrogen-bond donors (Lipinski definition) is 2. The number of alkyl halides is 3. The number of hydrogen-bond acceptors (Lipinski definition) is 7. The molecule has 232 valence electrons. The minimum absolute atomic E-state index is 0.00521. The molecule has 0 aliphatic carbocycles. The van der Waals surface area contributed by atoms with Crippen LogP contribution in [0.25, 0.3) is 10.4 Å². The molecule has 1 saturated heterocycles. The van der Waals surface area contributed by atoms with Crippen LogP contribution in [0, 0.1) is 18.2 Å². The average Bonchev–Trinajstić information content (AvgIpc) is 3.46. The van der Waals surface area contributed by atoms with Crippen LogP contribution in [0.15, 0.2) is 35.4 Å². The Morgan fingerprint density at radius 3 is 2.48 bits per heavy atom. The molecule has 2 aliphatic heterocycles. The number of benzene rings is 1. The Morgan fingerprint density at radius 1 is 1.18 bits per heavy atom. The van der Waals surface area contributed by atoms with Gasteiger partial charge in [-0.05, 0) is 32.9 Å². The zero-order valence-corrected chi connectivity index (χ0v) is 24.7. The first-order valence-corrected chi connectivity index (χ1v) is 14.5. The maximum atomic E-state index is 16.5.